The second kappa shape index (κ2) is 8.22. The Bertz CT molecular complexity index is 1120. The number of esters is 1. The number of carbonyl (C=O) groups excluding carboxylic acids is 2. The first kappa shape index (κ1) is 18.2. The molecule has 2 aromatic carbocycles. The Morgan fingerprint density at radius 2 is 1.72 bits per heavy atom. The summed E-state index contributed by atoms with van der Waals surface area (Å²) < 4.78 is 15.8. The molecule has 144 valence electrons. The van der Waals surface area contributed by atoms with Gasteiger partial charge in [0, 0.05) is 5.56 Å². The average molecular weight is 389 g/mol. The summed E-state index contributed by atoms with van der Waals surface area (Å²) in [6.07, 6.45) is 1.49. The molecule has 2 aromatic heterocycles. The van der Waals surface area contributed by atoms with Crippen molar-refractivity contribution < 1.29 is 23.2 Å². The summed E-state index contributed by atoms with van der Waals surface area (Å²) in [4.78, 5) is 24.9. The minimum Gasteiger partial charge on any atom is -0.459 e. The number of benzene rings is 2. The predicted octanol–water partition coefficient (Wildman–Crippen LogP) is 3.94. The van der Waals surface area contributed by atoms with E-state index in [1.807, 2.05) is 6.07 Å². The highest BCUT2D eigenvalue weighted by molar-refractivity contribution is 6.07. The van der Waals surface area contributed by atoms with E-state index in [0.717, 1.165) is 0 Å². The SMILES string of the molecule is O=C(Nc1ccccc1C(=O)OCc1nnc(-c2ccco2)o1)c1ccccc1. The lowest BCUT2D eigenvalue weighted by atomic mass is 10.1. The Balaban J connectivity index is 1.43. The normalized spacial score (nSPS) is 10.5. The third kappa shape index (κ3) is 4.22. The van der Waals surface area contributed by atoms with Gasteiger partial charge in [-0.1, -0.05) is 30.3 Å². The molecule has 1 N–H and O–H groups in total. The molecule has 0 unspecified atom stereocenters. The van der Waals surface area contributed by atoms with Gasteiger partial charge in [-0.15, -0.1) is 10.2 Å². The van der Waals surface area contributed by atoms with E-state index in [2.05, 4.69) is 15.5 Å². The van der Waals surface area contributed by atoms with Gasteiger partial charge in [0.25, 0.3) is 17.7 Å². The molecule has 0 atom stereocenters. The third-order valence-corrected chi connectivity index (χ3v) is 3.96. The van der Waals surface area contributed by atoms with Crippen LogP contribution in [0.25, 0.3) is 11.7 Å². The molecular formula is C21H15N3O5. The maximum atomic E-state index is 12.5. The largest absolute Gasteiger partial charge is 0.459 e. The highest BCUT2D eigenvalue weighted by Crippen LogP contribution is 2.20. The molecule has 0 aliphatic heterocycles. The Labute approximate surface area is 165 Å². The molecule has 29 heavy (non-hydrogen) atoms. The van der Waals surface area contributed by atoms with E-state index in [-0.39, 0.29) is 29.9 Å². The van der Waals surface area contributed by atoms with Gasteiger partial charge in [0.2, 0.25) is 0 Å². The van der Waals surface area contributed by atoms with Crippen LogP contribution in [0.4, 0.5) is 5.69 Å². The molecule has 4 aromatic rings. The number of anilines is 1. The second-order valence-electron chi connectivity index (χ2n) is 5.92. The van der Waals surface area contributed by atoms with E-state index in [4.69, 9.17) is 13.6 Å². The lowest BCUT2D eigenvalue weighted by molar-refractivity contribution is 0.0440. The van der Waals surface area contributed by atoms with Gasteiger partial charge in [0.15, 0.2) is 12.4 Å². The fraction of sp³-hybridized carbons (Fsp3) is 0.0476. The zero-order valence-electron chi connectivity index (χ0n) is 15.1. The second-order valence-corrected chi connectivity index (χ2v) is 5.92. The first-order valence-corrected chi connectivity index (χ1v) is 8.69. The van der Waals surface area contributed by atoms with Crippen molar-refractivity contribution >= 4 is 17.6 Å². The molecule has 0 fully saturated rings. The van der Waals surface area contributed by atoms with Crippen molar-refractivity contribution in [2.75, 3.05) is 5.32 Å². The van der Waals surface area contributed by atoms with Crippen LogP contribution in [-0.4, -0.2) is 22.1 Å². The quantitative estimate of drug-likeness (QED) is 0.498. The summed E-state index contributed by atoms with van der Waals surface area (Å²) in [5.41, 5.74) is 1.03. The zero-order valence-corrected chi connectivity index (χ0v) is 15.1. The van der Waals surface area contributed by atoms with E-state index in [1.165, 1.54) is 6.26 Å². The molecule has 1 amide bonds. The number of carbonyl (C=O) groups is 2. The molecule has 8 heteroatoms. The van der Waals surface area contributed by atoms with Gasteiger partial charge in [-0.2, -0.15) is 0 Å². The third-order valence-electron chi connectivity index (χ3n) is 3.96. The van der Waals surface area contributed by atoms with Gasteiger partial charge in [0.1, 0.15) is 0 Å². The summed E-state index contributed by atoms with van der Waals surface area (Å²) in [5, 5.41) is 10.4. The zero-order chi connectivity index (χ0) is 20.1. The summed E-state index contributed by atoms with van der Waals surface area (Å²) in [7, 11) is 0. The highest BCUT2D eigenvalue weighted by Gasteiger charge is 2.17. The number of para-hydroxylation sites is 1. The first-order valence-electron chi connectivity index (χ1n) is 8.69. The summed E-state index contributed by atoms with van der Waals surface area (Å²) in [5.74, 6) is -0.228. The Morgan fingerprint density at radius 1 is 0.931 bits per heavy atom. The van der Waals surface area contributed by atoms with Crippen molar-refractivity contribution in [1.82, 2.24) is 10.2 Å². The lowest BCUT2D eigenvalue weighted by Crippen LogP contribution is -2.15. The molecular weight excluding hydrogens is 374 g/mol. The first-order chi connectivity index (χ1) is 14.2. The molecule has 0 aliphatic carbocycles. The van der Waals surface area contributed by atoms with Crippen molar-refractivity contribution in [1.29, 1.82) is 0 Å². The van der Waals surface area contributed by atoms with Crippen molar-refractivity contribution in [3.05, 3.63) is 90.0 Å². The van der Waals surface area contributed by atoms with Crippen LogP contribution >= 0.6 is 0 Å². The summed E-state index contributed by atoms with van der Waals surface area (Å²) in [6, 6.07) is 18.6. The Hall–Kier alpha value is -4.20. The maximum absolute atomic E-state index is 12.5. The molecule has 8 nitrogen and oxygen atoms in total. The fourth-order valence-corrected chi connectivity index (χ4v) is 2.57. The fourth-order valence-electron chi connectivity index (χ4n) is 2.57. The average Bonchev–Trinajstić information content (AvgIpc) is 3.45. The Morgan fingerprint density at radius 3 is 2.52 bits per heavy atom. The molecule has 0 radical (unpaired) electrons. The van der Waals surface area contributed by atoms with Crippen molar-refractivity contribution in [3.8, 4) is 11.7 Å². The van der Waals surface area contributed by atoms with E-state index < -0.39 is 5.97 Å². The van der Waals surface area contributed by atoms with Gasteiger partial charge in [-0.3, -0.25) is 4.79 Å². The highest BCUT2D eigenvalue weighted by atomic mass is 16.5. The molecule has 0 saturated heterocycles. The van der Waals surface area contributed by atoms with Crippen molar-refractivity contribution in [2.45, 2.75) is 6.61 Å². The number of ether oxygens (including phenoxy) is 1. The molecule has 0 saturated carbocycles. The van der Waals surface area contributed by atoms with Crippen LogP contribution in [0.5, 0.6) is 0 Å². The van der Waals surface area contributed by atoms with Crippen LogP contribution in [0.1, 0.15) is 26.6 Å². The van der Waals surface area contributed by atoms with Crippen LogP contribution in [-0.2, 0) is 11.3 Å². The molecule has 4 rings (SSSR count). The van der Waals surface area contributed by atoms with Gasteiger partial charge in [-0.25, -0.2) is 4.79 Å². The number of hydrogen-bond donors (Lipinski definition) is 1. The molecule has 0 bridgehead atoms. The van der Waals surface area contributed by atoms with E-state index in [1.54, 1.807) is 60.7 Å². The smallest absolute Gasteiger partial charge is 0.340 e. The van der Waals surface area contributed by atoms with Gasteiger partial charge in [-0.05, 0) is 36.4 Å². The molecule has 0 spiro atoms. The summed E-state index contributed by atoms with van der Waals surface area (Å²) >= 11 is 0. The predicted molar refractivity (Wildman–Crippen MR) is 102 cm³/mol. The standard InChI is InChI=1S/C21H15N3O5/c25-19(14-7-2-1-3-8-14)22-16-10-5-4-9-15(16)21(26)28-13-18-23-24-20(29-18)17-11-6-12-27-17/h1-12H,13H2,(H,22,25). The van der Waals surface area contributed by atoms with Gasteiger partial charge in [0.05, 0.1) is 17.5 Å². The van der Waals surface area contributed by atoms with Crippen LogP contribution in [0, 0.1) is 0 Å². The van der Waals surface area contributed by atoms with E-state index in [9.17, 15) is 9.59 Å². The number of nitrogens with zero attached hydrogens (tertiary/aromatic N) is 2. The number of furan rings is 1. The van der Waals surface area contributed by atoms with E-state index >= 15 is 0 Å². The number of nitrogens with one attached hydrogen (secondary N) is 1. The van der Waals surface area contributed by atoms with Gasteiger partial charge >= 0.3 is 5.97 Å². The number of rotatable bonds is 6. The molecule has 2 heterocycles. The lowest BCUT2D eigenvalue weighted by Gasteiger charge is -2.10. The van der Waals surface area contributed by atoms with Crippen LogP contribution in [0.3, 0.4) is 0 Å². The monoisotopic (exact) mass is 389 g/mol. The summed E-state index contributed by atoms with van der Waals surface area (Å²) in [6.45, 7) is -0.215. The minimum atomic E-state index is -0.633. The minimum absolute atomic E-state index is 0.121. The van der Waals surface area contributed by atoms with Crippen LogP contribution in [0.2, 0.25) is 0 Å². The number of aromatic nitrogens is 2. The maximum Gasteiger partial charge on any atom is 0.340 e. The topological polar surface area (TPSA) is 107 Å². The Kier molecular flexibility index (Phi) is 5.15. The van der Waals surface area contributed by atoms with Crippen LogP contribution < -0.4 is 5.32 Å². The number of hydrogen-bond acceptors (Lipinski definition) is 7. The number of amides is 1. The van der Waals surface area contributed by atoms with Crippen molar-refractivity contribution in [3.63, 3.8) is 0 Å². The molecule has 0 aliphatic rings. The van der Waals surface area contributed by atoms with Crippen molar-refractivity contribution in [2.24, 2.45) is 0 Å². The van der Waals surface area contributed by atoms with Gasteiger partial charge < -0.3 is 18.9 Å². The van der Waals surface area contributed by atoms with Crippen LogP contribution in [0.15, 0.2) is 81.8 Å². The van der Waals surface area contributed by atoms with E-state index in [0.29, 0.717) is 17.0 Å².